The van der Waals surface area contributed by atoms with Crippen LogP contribution in [-0.2, 0) is 16.0 Å². The van der Waals surface area contributed by atoms with E-state index in [1.807, 2.05) is 0 Å². The van der Waals surface area contributed by atoms with Gasteiger partial charge in [0.2, 0.25) is 0 Å². The average Bonchev–Trinajstić information content (AvgIpc) is 2.95. The molecule has 0 atom stereocenters. The van der Waals surface area contributed by atoms with Crippen LogP contribution in [0.3, 0.4) is 0 Å². The Hall–Kier alpha value is -2.93. The molecule has 10 heteroatoms. The fourth-order valence-electron chi connectivity index (χ4n) is 2.72. The van der Waals surface area contributed by atoms with Gasteiger partial charge in [-0.15, -0.1) is 0 Å². The lowest BCUT2D eigenvalue weighted by Crippen LogP contribution is -2.10. The van der Waals surface area contributed by atoms with E-state index in [0.717, 1.165) is 6.26 Å². The van der Waals surface area contributed by atoms with Crippen LogP contribution in [-0.4, -0.2) is 29.6 Å². The van der Waals surface area contributed by atoms with E-state index in [2.05, 4.69) is 15.0 Å². The largest absolute Gasteiger partial charge is 0.419 e. The van der Waals surface area contributed by atoms with Gasteiger partial charge in [-0.2, -0.15) is 18.4 Å². The lowest BCUT2D eigenvalue weighted by atomic mass is 10.0. The molecule has 0 spiro atoms. The molecule has 0 unspecified atom stereocenters. The molecular formula is C16H11F3N4O2S. The van der Waals surface area contributed by atoms with Crippen LogP contribution in [0.1, 0.15) is 17.0 Å². The quantitative estimate of drug-likeness (QED) is 0.736. The SMILES string of the molecule is Cc1ncc(C(F)(F)F)c(-c2c[nH]c3c(S(C)(=O)=O)c(C#N)ccc23)n1. The highest BCUT2D eigenvalue weighted by atomic mass is 32.2. The third kappa shape index (κ3) is 2.90. The van der Waals surface area contributed by atoms with Crippen LogP contribution < -0.4 is 0 Å². The molecule has 1 aromatic carbocycles. The normalized spacial score (nSPS) is 12.3. The first-order chi connectivity index (χ1) is 12.0. The minimum Gasteiger partial charge on any atom is -0.359 e. The number of nitriles is 1. The number of aromatic amines is 1. The van der Waals surface area contributed by atoms with Gasteiger partial charge in [-0.05, 0) is 13.0 Å². The second-order valence-corrected chi connectivity index (χ2v) is 7.58. The number of H-pyrrole nitrogens is 1. The minimum absolute atomic E-state index is 0.0611. The van der Waals surface area contributed by atoms with Gasteiger partial charge in [0.15, 0.2) is 9.84 Å². The van der Waals surface area contributed by atoms with Crippen molar-refractivity contribution in [2.24, 2.45) is 0 Å². The van der Waals surface area contributed by atoms with Crippen LogP contribution >= 0.6 is 0 Å². The van der Waals surface area contributed by atoms with Crippen LogP contribution in [0.2, 0.25) is 0 Å². The maximum atomic E-state index is 13.3. The van der Waals surface area contributed by atoms with Crippen LogP contribution in [0, 0.1) is 18.3 Å². The van der Waals surface area contributed by atoms with Gasteiger partial charge < -0.3 is 4.98 Å². The van der Waals surface area contributed by atoms with Gasteiger partial charge in [0.25, 0.3) is 0 Å². The molecule has 3 rings (SSSR count). The van der Waals surface area contributed by atoms with Crippen molar-refractivity contribution in [3.8, 4) is 17.3 Å². The molecule has 0 radical (unpaired) electrons. The number of sulfone groups is 1. The fraction of sp³-hybridized carbons (Fsp3) is 0.188. The average molecular weight is 380 g/mol. The number of aryl methyl sites for hydroxylation is 1. The van der Waals surface area contributed by atoms with E-state index >= 15 is 0 Å². The number of halogens is 3. The van der Waals surface area contributed by atoms with Crippen molar-refractivity contribution in [3.05, 3.63) is 41.5 Å². The molecule has 2 aromatic heterocycles. The summed E-state index contributed by atoms with van der Waals surface area (Å²) < 4.78 is 64.1. The Morgan fingerprint density at radius 1 is 1.27 bits per heavy atom. The van der Waals surface area contributed by atoms with Crippen molar-refractivity contribution < 1.29 is 21.6 Å². The molecule has 0 fully saturated rings. The number of rotatable bonds is 2. The molecule has 0 amide bonds. The summed E-state index contributed by atoms with van der Waals surface area (Å²) in [6, 6.07) is 4.44. The first-order valence-electron chi connectivity index (χ1n) is 7.19. The van der Waals surface area contributed by atoms with Crippen LogP contribution in [0.15, 0.2) is 29.4 Å². The van der Waals surface area contributed by atoms with Gasteiger partial charge in [0, 0.05) is 29.6 Å². The molecule has 0 aliphatic heterocycles. The Morgan fingerprint density at radius 3 is 2.54 bits per heavy atom. The number of hydrogen-bond acceptors (Lipinski definition) is 5. The predicted octanol–water partition coefficient (Wildman–Crippen LogP) is 3.23. The van der Waals surface area contributed by atoms with Crippen molar-refractivity contribution in [3.63, 3.8) is 0 Å². The minimum atomic E-state index is -4.68. The van der Waals surface area contributed by atoms with E-state index in [-0.39, 0.29) is 38.4 Å². The highest BCUT2D eigenvalue weighted by molar-refractivity contribution is 7.91. The Balaban J connectivity index is 2.41. The zero-order valence-corrected chi connectivity index (χ0v) is 14.3. The smallest absolute Gasteiger partial charge is 0.359 e. The van der Waals surface area contributed by atoms with Crippen LogP contribution in [0.5, 0.6) is 0 Å². The maximum Gasteiger partial charge on any atom is 0.419 e. The first kappa shape index (κ1) is 17.9. The van der Waals surface area contributed by atoms with Gasteiger partial charge in [-0.25, -0.2) is 18.4 Å². The number of nitrogens with zero attached hydrogens (tertiary/aromatic N) is 3. The Kier molecular flexibility index (Phi) is 3.99. The highest BCUT2D eigenvalue weighted by Crippen LogP contribution is 2.39. The Morgan fingerprint density at radius 2 is 1.96 bits per heavy atom. The monoisotopic (exact) mass is 380 g/mol. The van der Waals surface area contributed by atoms with Crippen molar-refractivity contribution in [1.82, 2.24) is 15.0 Å². The summed E-state index contributed by atoms with van der Waals surface area (Å²) in [6.45, 7) is 1.45. The number of hydrogen-bond donors (Lipinski definition) is 1. The third-order valence-electron chi connectivity index (χ3n) is 3.77. The summed E-state index contributed by atoms with van der Waals surface area (Å²) >= 11 is 0. The molecule has 0 aliphatic carbocycles. The summed E-state index contributed by atoms with van der Waals surface area (Å²) in [5.41, 5.74) is -1.35. The number of alkyl halides is 3. The zero-order chi connectivity index (χ0) is 19.3. The Bertz CT molecular complexity index is 1170. The number of aromatic nitrogens is 3. The highest BCUT2D eigenvalue weighted by Gasteiger charge is 2.36. The van der Waals surface area contributed by atoms with Gasteiger partial charge >= 0.3 is 6.18 Å². The van der Waals surface area contributed by atoms with E-state index in [1.54, 1.807) is 6.07 Å². The van der Waals surface area contributed by atoms with Crippen LogP contribution in [0.4, 0.5) is 13.2 Å². The van der Waals surface area contributed by atoms with Gasteiger partial charge in [0.1, 0.15) is 22.4 Å². The first-order valence-corrected chi connectivity index (χ1v) is 9.08. The lowest BCUT2D eigenvalue weighted by Gasteiger charge is -2.12. The zero-order valence-electron chi connectivity index (χ0n) is 13.5. The number of benzene rings is 1. The van der Waals surface area contributed by atoms with E-state index < -0.39 is 21.6 Å². The summed E-state index contributed by atoms with van der Waals surface area (Å²) in [6.07, 6.45) is -1.81. The number of nitrogens with one attached hydrogen (secondary N) is 1. The summed E-state index contributed by atoms with van der Waals surface area (Å²) in [5, 5.41) is 9.37. The maximum absolute atomic E-state index is 13.3. The van der Waals surface area contributed by atoms with Crippen molar-refractivity contribution >= 4 is 20.7 Å². The van der Waals surface area contributed by atoms with Gasteiger partial charge in [-0.3, -0.25) is 0 Å². The number of fused-ring (bicyclic) bond motifs is 1. The summed E-state index contributed by atoms with van der Waals surface area (Å²) in [7, 11) is -3.80. The van der Waals surface area contributed by atoms with E-state index in [0.29, 0.717) is 6.20 Å². The predicted molar refractivity (Wildman–Crippen MR) is 86.9 cm³/mol. The van der Waals surface area contributed by atoms with Crippen molar-refractivity contribution in [2.45, 2.75) is 18.0 Å². The molecule has 6 nitrogen and oxygen atoms in total. The molecule has 3 aromatic rings. The molecule has 26 heavy (non-hydrogen) atoms. The molecule has 2 heterocycles. The van der Waals surface area contributed by atoms with Gasteiger partial charge in [-0.1, -0.05) is 6.07 Å². The molecule has 0 saturated heterocycles. The molecule has 1 N–H and O–H groups in total. The van der Waals surface area contributed by atoms with Crippen molar-refractivity contribution in [1.29, 1.82) is 5.26 Å². The van der Waals surface area contributed by atoms with Crippen LogP contribution in [0.25, 0.3) is 22.2 Å². The lowest BCUT2D eigenvalue weighted by molar-refractivity contribution is -0.137. The van der Waals surface area contributed by atoms with E-state index in [1.165, 1.54) is 25.3 Å². The second kappa shape index (κ2) is 5.81. The van der Waals surface area contributed by atoms with Crippen molar-refractivity contribution in [2.75, 3.05) is 6.26 Å². The van der Waals surface area contributed by atoms with E-state index in [4.69, 9.17) is 5.26 Å². The molecule has 0 saturated carbocycles. The molecule has 134 valence electrons. The van der Waals surface area contributed by atoms with Gasteiger partial charge in [0.05, 0.1) is 16.8 Å². The summed E-state index contributed by atoms with van der Waals surface area (Å²) in [5.74, 6) is 0.138. The third-order valence-corrected chi connectivity index (χ3v) is 4.94. The van der Waals surface area contributed by atoms with E-state index in [9.17, 15) is 21.6 Å². The molecule has 0 aliphatic rings. The Labute approximate surface area is 146 Å². The second-order valence-electron chi connectivity index (χ2n) is 5.63. The molecular weight excluding hydrogens is 369 g/mol. The molecule has 0 bridgehead atoms. The summed E-state index contributed by atoms with van der Waals surface area (Å²) in [4.78, 5) is 9.92. The topological polar surface area (TPSA) is 99.5 Å². The fourth-order valence-corrected chi connectivity index (χ4v) is 3.78. The standard InChI is InChI=1S/C16H11F3N4O2S/c1-8-21-7-12(16(17,18)19)13(23-8)11-6-22-14-10(11)4-3-9(5-20)15(14)26(2,24)25/h3-4,6-7,22H,1-2H3.